The van der Waals surface area contributed by atoms with Crippen molar-refractivity contribution in [3.63, 3.8) is 0 Å². The quantitative estimate of drug-likeness (QED) is 0.799. The highest BCUT2D eigenvalue weighted by Gasteiger charge is 2.20. The summed E-state index contributed by atoms with van der Waals surface area (Å²) in [6, 6.07) is 8.89. The van der Waals surface area contributed by atoms with Crippen molar-refractivity contribution in [2.24, 2.45) is 5.14 Å². The van der Waals surface area contributed by atoms with Gasteiger partial charge in [-0.15, -0.1) is 0 Å². The number of hydrogen-bond acceptors (Lipinski definition) is 4. The lowest BCUT2D eigenvalue weighted by molar-refractivity contribution is -0.116. The molecule has 0 aromatic heterocycles. The largest absolute Gasteiger partial charge is 0.332 e. The van der Waals surface area contributed by atoms with Crippen LogP contribution in [0.5, 0.6) is 0 Å². The first-order valence-corrected chi connectivity index (χ1v) is 9.13. The van der Waals surface area contributed by atoms with E-state index < -0.39 is 27.7 Å². The third kappa shape index (κ3) is 5.01. The van der Waals surface area contributed by atoms with Gasteiger partial charge < -0.3 is 10.2 Å². The molecule has 10 heteroatoms. The second-order valence-electron chi connectivity index (χ2n) is 5.41. The maximum absolute atomic E-state index is 13.1. The van der Waals surface area contributed by atoms with E-state index in [1.807, 2.05) is 0 Å². The Bertz CT molecular complexity index is 966. The van der Waals surface area contributed by atoms with Gasteiger partial charge >= 0.3 is 0 Å². The number of anilines is 1. The number of rotatable bonds is 5. The van der Waals surface area contributed by atoms with Crippen LogP contribution in [0.25, 0.3) is 0 Å². The van der Waals surface area contributed by atoms with Gasteiger partial charge in [0.05, 0.1) is 11.6 Å². The van der Waals surface area contributed by atoms with Gasteiger partial charge in [-0.3, -0.25) is 9.59 Å². The lowest BCUT2D eigenvalue weighted by Gasteiger charge is -2.17. The number of halogens is 2. The topological polar surface area (TPSA) is 110 Å². The van der Waals surface area contributed by atoms with Crippen molar-refractivity contribution in [2.45, 2.75) is 4.90 Å². The first-order valence-electron chi connectivity index (χ1n) is 7.21. The number of likely N-dealkylation sites (N-methyl/N-ethyl adjacent to an activating group) is 1. The van der Waals surface area contributed by atoms with E-state index in [2.05, 4.69) is 5.32 Å². The summed E-state index contributed by atoms with van der Waals surface area (Å²) in [7, 11) is -2.74. The van der Waals surface area contributed by atoms with Crippen LogP contribution in [-0.4, -0.2) is 38.7 Å². The Morgan fingerprint density at radius 1 is 1.23 bits per heavy atom. The molecule has 2 aromatic carbocycles. The zero-order valence-corrected chi connectivity index (χ0v) is 15.1. The minimum atomic E-state index is -4.10. The maximum atomic E-state index is 13.1. The van der Waals surface area contributed by atoms with E-state index >= 15 is 0 Å². The summed E-state index contributed by atoms with van der Waals surface area (Å²) in [4.78, 5) is 25.1. The summed E-state index contributed by atoms with van der Waals surface area (Å²) in [5.41, 5.74) is 0.248. The molecule has 0 heterocycles. The van der Waals surface area contributed by atoms with Crippen LogP contribution in [0.4, 0.5) is 10.1 Å². The Labute approximate surface area is 154 Å². The summed E-state index contributed by atoms with van der Waals surface area (Å²) >= 11 is 5.77. The summed E-state index contributed by atoms with van der Waals surface area (Å²) in [6.07, 6.45) is 0. The van der Waals surface area contributed by atoms with Crippen LogP contribution in [0.2, 0.25) is 5.02 Å². The van der Waals surface area contributed by atoms with E-state index in [0.29, 0.717) is 0 Å². The smallest absolute Gasteiger partial charge is 0.254 e. The molecule has 0 saturated heterocycles. The molecule has 0 spiro atoms. The molecule has 0 unspecified atom stereocenters. The number of primary sulfonamides is 1. The molecule has 2 rings (SSSR count). The zero-order valence-electron chi connectivity index (χ0n) is 13.6. The lowest BCUT2D eigenvalue weighted by atomic mass is 10.2. The molecule has 2 aromatic rings. The van der Waals surface area contributed by atoms with Crippen LogP contribution >= 0.6 is 11.6 Å². The molecule has 0 radical (unpaired) electrons. The van der Waals surface area contributed by atoms with Crippen molar-refractivity contribution in [3.05, 3.63) is 58.9 Å². The van der Waals surface area contributed by atoms with Gasteiger partial charge in [0.15, 0.2) is 0 Å². The summed E-state index contributed by atoms with van der Waals surface area (Å²) < 4.78 is 36.1. The number of sulfonamides is 1. The monoisotopic (exact) mass is 399 g/mol. The molecule has 0 bridgehead atoms. The van der Waals surface area contributed by atoms with Gasteiger partial charge in [0.2, 0.25) is 15.9 Å². The summed E-state index contributed by atoms with van der Waals surface area (Å²) in [5, 5.41) is 7.39. The van der Waals surface area contributed by atoms with E-state index in [1.165, 1.54) is 37.4 Å². The maximum Gasteiger partial charge on any atom is 0.254 e. The van der Waals surface area contributed by atoms with Crippen LogP contribution < -0.4 is 10.5 Å². The van der Waals surface area contributed by atoms with Gasteiger partial charge in [-0.1, -0.05) is 17.7 Å². The highest BCUT2D eigenvalue weighted by atomic mass is 35.5. The second kappa shape index (κ2) is 7.81. The molecule has 2 amide bonds. The van der Waals surface area contributed by atoms with Crippen LogP contribution in [0.15, 0.2) is 47.4 Å². The third-order valence-corrected chi connectivity index (χ3v) is 4.71. The van der Waals surface area contributed by atoms with Crippen LogP contribution in [-0.2, 0) is 14.8 Å². The first kappa shape index (κ1) is 19.8. The number of carbonyl (C=O) groups is 2. The van der Waals surface area contributed by atoms with Gasteiger partial charge in [-0.05, 0) is 36.4 Å². The van der Waals surface area contributed by atoms with E-state index in [0.717, 1.165) is 17.0 Å². The molecule has 26 heavy (non-hydrogen) atoms. The second-order valence-corrected chi connectivity index (χ2v) is 7.35. The average molecular weight is 400 g/mol. The van der Waals surface area contributed by atoms with Crippen molar-refractivity contribution < 1.29 is 22.4 Å². The van der Waals surface area contributed by atoms with Crippen LogP contribution in [0.3, 0.4) is 0 Å². The molecule has 138 valence electrons. The van der Waals surface area contributed by atoms with Gasteiger partial charge in [-0.2, -0.15) is 0 Å². The van der Waals surface area contributed by atoms with Crippen molar-refractivity contribution in [1.82, 2.24) is 4.90 Å². The van der Waals surface area contributed by atoms with Crippen molar-refractivity contribution >= 4 is 39.1 Å². The lowest BCUT2D eigenvalue weighted by Crippen LogP contribution is -2.35. The number of nitrogens with one attached hydrogen (secondary N) is 1. The number of benzene rings is 2. The predicted octanol–water partition coefficient (Wildman–Crippen LogP) is 1.84. The Hall–Kier alpha value is -2.49. The molecule has 0 fully saturated rings. The van der Waals surface area contributed by atoms with Gasteiger partial charge in [0.25, 0.3) is 5.91 Å². The van der Waals surface area contributed by atoms with Crippen LogP contribution in [0, 0.1) is 5.82 Å². The number of hydrogen-bond donors (Lipinski definition) is 2. The highest BCUT2D eigenvalue weighted by molar-refractivity contribution is 7.89. The predicted molar refractivity (Wildman–Crippen MR) is 94.8 cm³/mol. The average Bonchev–Trinajstić information content (AvgIpc) is 2.53. The van der Waals surface area contributed by atoms with E-state index in [1.54, 1.807) is 0 Å². The SMILES string of the molecule is CN(CC(=O)Nc1cccc(F)c1)C(=O)c1ccc(Cl)c(S(N)(=O)=O)c1. The van der Waals surface area contributed by atoms with E-state index in [-0.39, 0.29) is 27.7 Å². The van der Waals surface area contributed by atoms with Crippen molar-refractivity contribution in [3.8, 4) is 0 Å². The molecule has 7 nitrogen and oxygen atoms in total. The molecule has 0 aliphatic carbocycles. The summed E-state index contributed by atoms with van der Waals surface area (Å²) in [6.45, 7) is -0.331. The zero-order chi connectivity index (χ0) is 19.5. The fourth-order valence-electron chi connectivity index (χ4n) is 2.13. The Morgan fingerprint density at radius 2 is 1.92 bits per heavy atom. The Morgan fingerprint density at radius 3 is 2.54 bits per heavy atom. The standard InChI is InChI=1S/C16H15ClFN3O4S/c1-21(9-15(22)20-12-4-2-3-11(18)8-12)16(23)10-5-6-13(17)14(7-10)26(19,24)25/h2-8H,9H2,1H3,(H,20,22)(H2,19,24,25). The normalized spacial score (nSPS) is 11.1. The Balaban J connectivity index is 2.11. The van der Waals surface area contributed by atoms with Crippen molar-refractivity contribution in [1.29, 1.82) is 0 Å². The molecule has 0 saturated carbocycles. The Kier molecular flexibility index (Phi) is 5.96. The third-order valence-electron chi connectivity index (χ3n) is 3.32. The number of nitrogens with two attached hydrogens (primary N) is 1. The minimum absolute atomic E-state index is 0.000481. The molecular weight excluding hydrogens is 385 g/mol. The van der Waals surface area contributed by atoms with Gasteiger partial charge in [-0.25, -0.2) is 17.9 Å². The molecule has 0 atom stereocenters. The molecular formula is C16H15ClFN3O4S. The van der Waals surface area contributed by atoms with Crippen molar-refractivity contribution in [2.75, 3.05) is 18.9 Å². The van der Waals surface area contributed by atoms with E-state index in [9.17, 15) is 22.4 Å². The number of carbonyl (C=O) groups excluding carboxylic acids is 2. The highest BCUT2D eigenvalue weighted by Crippen LogP contribution is 2.22. The molecule has 0 aliphatic heterocycles. The molecule has 3 N–H and O–H groups in total. The van der Waals surface area contributed by atoms with E-state index in [4.69, 9.17) is 16.7 Å². The fourth-order valence-corrected chi connectivity index (χ4v) is 3.20. The minimum Gasteiger partial charge on any atom is -0.332 e. The van der Waals surface area contributed by atoms with Crippen LogP contribution in [0.1, 0.15) is 10.4 Å². The number of nitrogens with zero attached hydrogens (tertiary/aromatic N) is 1. The van der Waals surface area contributed by atoms with Gasteiger partial charge in [0.1, 0.15) is 10.7 Å². The van der Waals surface area contributed by atoms with Gasteiger partial charge in [0, 0.05) is 18.3 Å². The fraction of sp³-hybridized carbons (Fsp3) is 0.125. The summed E-state index contributed by atoms with van der Waals surface area (Å²) in [5.74, 6) is -1.67. The molecule has 0 aliphatic rings. The number of amides is 2. The first-order chi connectivity index (χ1) is 12.1.